The molecule has 3 nitrogen and oxygen atoms in total. The highest BCUT2D eigenvalue weighted by molar-refractivity contribution is 6.33. The molecule has 1 aromatic heterocycles. The highest BCUT2D eigenvalue weighted by Gasteiger charge is 2.21. The minimum Gasteiger partial charge on any atom is -0.383 e. The summed E-state index contributed by atoms with van der Waals surface area (Å²) in [5, 5.41) is 0.327. The van der Waals surface area contributed by atoms with Crippen molar-refractivity contribution in [2.75, 3.05) is 5.73 Å². The number of aromatic nitrogens is 2. The Labute approximate surface area is 123 Å². The van der Waals surface area contributed by atoms with Crippen LogP contribution in [0.3, 0.4) is 0 Å². The molecule has 5 heteroatoms. The Morgan fingerprint density at radius 2 is 2.10 bits per heavy atom. The fourth-order valence-electron chi connectivity index (χ4n) is 2.38. The van der Waals surface area contributed by atoms with Crippen LogP contribution in [-0.4, -0.2) is 9.55 Å². The van der Waals surface area contributed by atoms with Gasteiger partial charge in [-0.1, -0.05) is 24.6 Å². The van der Waals surface area contributed by atoms with E-state index in [1.54, 1.807) is 12.1 Å². The molecular formula is C15H19ClFN3. The predicted octanol–water partition coefficient (Wildman–Crippen LogP) is 4.46. The standard InChI is InChI=1S/C15H19ClFN3/c1-4-6-12-19-14(15(18)20(12)9(2)3)13-10(16)7-5-8-11(13)17/h5,7-9H,4,6,18H2,1-3H3. The van der Waals surface area contributed by atoms with Gasteiger partial charge in [0.25, 0.3) is 0 Å². The number of hydrogen-bond acceptors (Lipinski definition) is 2. The number of anilines is 1. The largest absolute Gasteiger partial charge is 0.383 e. The van der Waals surface area contributed by atoms with E-state index in [2.05, 4.69) is 11.9 Å². The maximum Gasteiger partial charge on any atom is 0.134 e. The molecular weight excluding hydrogens is 277 g/mol. The number of halogens is 2. The van der Waals surface area contributed by atoms with Gasteiger partial charge in [-0.3, -0.25) is 0 Å². The number of aryl methyl sites for hydroxylation is 1. The van der Waals surface area contributed by atoms with Gasteiger partial charge in [-0.25, -0.2) is 9.37 Å². The molecule has 0 spiro atoms. The van der Waals surface area contributed by atoms with E-state index < -0.39 is 5.82 Å². The lowest BCUT2D eigenvalue weighted by atomic mass is 10.1. The summed E-state index contributed by atoms with van der Waals surface area (Å²) in [6, 6.07) is 4.76. The first-order valence-corrected chi connectivity index (χ1v) is 7.16. The molecule has 0 saturated heterocycles. The van der Waals surface area contributed by atoms with Crippen molar-refractivity contribution in [2.24, 2.45) is 0 Å². The van der Waals surface area contributed by atoms with E-state index in [4.69, 9.17) is 17.3 Å². The second kappa shape index (κ2) is 5.83. The molecule has 2 rings (SSSR count). The molecule has 0 aliphatic carbocycles. The van der Waals surface area contributed by atoms with Gasteiger partial charge in [0.05, 0.1) is 10.6 Å². The SMILES string of the molecule is CCCc1nc(-c2c(F)cccc2Cl)c(N)n1C(C)C. The first-order valence-electron chi connectivity index (χ1n) is 6.78. The van der Waals surface area contributed by atoms with Crippen molar-refractivity contribution < 1.29 is 4.39 Å². The van der Waals surface area contributed by atoms with Crippen LogP contribution < -0.4 is 5.73 Å². The molecule has 0 radical (unpaired) electrons. The average Bonchev–Trinajstić information content (AvgIpc) is 2.67. The lowest BCUT2D eigenvalue weighted by Gasteiger charge is -2.13. The summed E-state index contributed by atoms with van der Waals surface area (Å²) in [5.41, 5.74) is 6.90. The van der Waals surface area contributed by atoms with Crippen molar-refractivity contribution in [3.8, 4) is 11.3 Å². The highest BCUT2D eigenvalue weighted by Crippen LogP contribution is 2.35. The lowest BCUT2D eigenvalue weighted by molar-refractivity contribution is 0.571. The summed E-state index contributed by atoms with van der Waals surface area (Å²) in [6.07, 6.45) is 1.75. The minimum absolute atomic E-state index is 0.170. The van der Waals surface area contributed by atoms with E-state index in [1.807, 2.05) is 18.4 Å². The van der Waals surface area contributed by atoms with E-state index in [9.17, 15) is 4.39 Å². The van der Waals surface area contributed by atoms with Gasteiger partial charge >= 0.3 is 0 Å². The van der Waals surface area contributed by atoms with Crippen molar-refractivity contribution >= 4 is 17.4 Å². The van der Waals surface area contributed by atoms with E-state index >= 15 is 0 Å². The first kappa shape index (κ1) is 14.9. The smallest absolute Gasteiger partial charge is 0.134 e. The summed E-state index contributed by atoms with van der Waals surface area (Å²) in [6.45, 7) is 6.14. The van der Waals surface area contributed by atoms with Gasteiger partial charge < -0.3 is 10.3 Å². The molecule has 0 saturated carbocycles. The Balaban J connectivity index is 2.67. The molecule has 1 heterocycles. The number of hydrogen-bond donors (Lipinski definition) is 1. The third-order valence-electron chi connectivity index (χ3n) is 3.21. The molecule has 2 aromatic rings. The third-order valence-corrected chi connectivity index (χ3v) is 3.53. The summed E-state index contributed by atoms with van der Waals surface area (Å²) < 4.78 is 16.0. The predicted molar refractivity (Wildman–Crippen MR) is 81.4 cm³/mol. The Hall–Kier alpha value is -1.55. The number of benzene rings is 1. The van der Waals surface area contributed by atoms with Crippen LogP contribution in [-0.2, 0) is 6.42 Å². The van der Waals surface area contributed by atoms with E-state index in [0.29, 0.717) is 16.5 Å². The van der Waals surface area contributed by atoms with Crippen molar-refractivity contribution in [1.29, 1.82) is 0 Å². The van der Waals surface area contributed by atoms with Crippen LogP contribution in [0, 0.1) is 5.82 Å². The van der Waals surface area contributed by atoms with Gasteiger partial charge in [0.15, 0.2) is 0 Å². The Kier molecular flexibility index (Phi) is 4.33. The van der Waals surface area contributed by atoms with Crippen LogP contribution in [0.1, 0.15) is 39.1 Å². The Bertz CT molecular complexity index is 600. The molecule has 1 aromatic carbocycles. The van der Waals surface area contributed by atoms with Gasteiger partial charge in [-0.15, -0.1) is 0 Å². The average molecular weight is 296 g/mol. The molecule has 108 valence electrons. The Morgan fingerprint density at radius 1 is 1.40 bits per heavy atom. The van der Waals surface area contributed by atoms with E-state index in [1.165, 1.54) is 6.07 Å². The van der Waals surface area contributed by atoms with Gasteiger partial charge in [-0.2, -0.15) is 0 Å². The molecule has 0 fully saturated rings. The normalized spacial score (nSPS) is 11.3. The van der Waals surface area contributed by atoms with Crippen LogP contribution in [0.2, 0.25) is 5.02 Å². The number of imidazole rings is 1. The molecule has 0 amide bonds. The van der Waals surface area contributed by atoms with Crippen molar-refractivity contribution in [3.05, 3.63) is 34.9 Å². The number of rotatable bonds is 4. The molecule has 20 heavy (non-hydrogen) atoms. The lowest BCUT2D eigenvalue weighted by Crippen LogP contribution is -2.09. The van der Waals surface area contributed by atoms with Crippen molar-refractivity contribution in [3.63, 3.8) is 0 Å². The van der Waals surface area contributed by atoms with Crippen LogP contribution in [0.25, 0.3) is 11.3 Å². The zero-order chi connectivity index (χ0) is 14.9. The molecule has 0 atom stereocenters. The topological polar surface area (TPSA) is 43.8 Å². The fraction of sp³-hybridized carbons (Fsp3) is 0.400. The maximum absolute atomic E-state index is 14.1. The third kappa shape index (κ3) is 2.52. The number of nitrogens with two attached hydrogens (primary N) is 1. The molecule has 0 aliphatic heterocycles. The van der Waals surface area contributed by atoms with E-state index in [0.717, 1.165) is 18.7 Å². The van der Waals surface area contributed by atoms with Gasteiger partial charge in [0.1, 0.15) is 23.2 Å². The zero-order valence-electron chi connectivity index (χ0n) is 12.0. The number of nitrogens with zero attached hydrogens (tertiary/aromatic N) is 2. The van der Waals surface area contributed by atoms with Crippen molar-refractivity contribution in [1.82, 2.24) is 9.55 Å². The highest BCUT2D eigenvalue weighted by atomic mass is 35.5. The zero-order valence-corrected chi connectivity index (χ0v) is 12.7. The molecule has 2 N–H and O–H groups in total. The summed E-state index contributed by atoms with van der Waals surface area (Å²) >= 11 is 6.11. The summed E-state index contributed by atoms with van der Waals surface area (Å²) in [5.74, 6) is 0.936. The van der Waals surface area contributed by atoms with Crippen molar-refractivity contribution in [2.45, 2.75) is 39.7 Å². The molecule has 0 aliphatic rings. The summed E-state index contributed by atoms with van der Waals surface area (Å²) in [4.78, 5) is 4.53. The quantitative estimate of drug-likeness (QED) is 0.905. The number of nitrogen functional groups attached to an aromatic ring is 1. The Morgan fingerprint density at radius 3 is 2.65 bits per heavy atom. The van der Waals surface area contributed by atoms with E-state index in [-0.39, 0.29) is 11.6 Å². The van der Waals surface area contributed by atoms with Gasteiger partial charge in [0, 0.05) is 12.5 Å². The fourth-order valence-corrected chi connectivity index (χ4v) is 2.63. The van der Waals surface area contributed by atoms with Crippen LogP contribution >= 0.6 is 11.6 Å². The second-order valence-corrected chi connectivity index (χ2v) is 5.48. The summed E-state index contributed by atoms with van der Waals surface area (Å²) in [7, 11) is 0. The van der Waals surface area contributed by atoms with Gasteiger partial charge in [-0.05, 0) is 32.4 Å². The monoisotopic (exact) mass is 295 g/mol. The maximum atomic E-state index is 14.1. The minimum atomic E-state index is -0.402. The second-order valence-electron chi connectivity index (χ2n) is 5.07. The van der Waals surface area contributed by atoms with Crippen LogP contribution in [0.15, 0.2) is 18.2 Å². The van der Waals surface area contributed by atoms with Crippen LogP contribution in [0.4, 0.5) is 10.2 Å². The first-order chi connectivity index (χ1) is 9.47. The van der Waals surface area contributed by atoms with Gasteiger partial charge in [0.2, 0.25) is 0 Å². The van der Waals surface area contributed by atoms with Crippen LogP contribution in [0.5, 0.6) is 0 Å². The molecule has 0 unspecified atom stereocenters. The molecule has 0 bridgehead atoms.